The average Bonchev–Trinajstić information content (AvgIpc) is 2.35. The predicted octanol–water partition coefficient (Wildman–Crippen LogP) is 3.99. The van der Waals surface area contributed by atoms with Gasteiger partial charge in [0, 0.05) is 0 Å². The standard InChI is InChI=1S/C13H6ClF3O/c14-9-5-1-3-7(11(9)16)13(18)8-4-2-6-10(15)12(8)17/h1-6H. The number of rotatable bonds is 2. The molecule has 0 fully saturated rings. The largest absolute Gasteiger partial charge is 0.288 e. The minimum Gasteiger partial charge on any atom is -0.288 e. The molecule has 0 saturated carbocycles. The first-order valence-corrected chi connectivity index (χ1v) is 5.33. The fraction of sp³-hybridized carbons (Fsp3) is 0. The maximum Gasteiger partial charge on any atom is 0.199 e. The van der Waals surface area contributed by atoms with Gasteiger partial charge >= 0.3 is 0 Å². The zero-order chi connectivity index (χ0) is 13.3. The van der Waals surface area contributed by atoms with Crippen molar-refractivity contribution in [3.8, 4) is 0 Å². The third-order valence-corrected chi connectivity index (χ3v) is 2.68. The lowest BCUT2D eigenvalue weighted by Crippen LogP contribution is -2.08. The molecule has 0 aromatic heterocycles. The maximum atomic E-state index is 13.6. The van der Waals surface area contributed by atoms with Crippen LogP contribution in [0.4, 0.5) is 13.2 Å². The third-order valence-electron chi connectivity index (χ3n) is 2.39. The zero-order valence-electron chi connectivity index (χ0n) is 8.88. The molecule has 1 nitrogen and oxygen atoms in total. The van der Waals surface area contributed by atoms with Crippen molar-refractivity contribution in [1.29, 1.82) is 0 Å². The number of carbonyl (C=O) groups excluding carboxylic acids is 1. The molecule has 0 radical (unpaired) electrons. The van der Waals surface area contributed by atoms with Gasteiger partial charge in [-0.1, -0.05) is 23.7 Å². The summed E-state index contributed by atoms with van der Waals surface area (Å²) < 4.78 is 40.0. The molecule has 2 rings (SSSR count). The molecule has 18 heavy (non-hydrogen) atoms. The van der Waals surface area contributed by atoms with Crippen LogP contribution in [0.5, 0.6) is 0 Å². The summed E-state index contributed by atoms with van der Waals surface area (Å²) in [5.74, 6) is -4.37. The summed E-state index contributed by atoms with van der Waals surface area (Å²) >= 11 is 5.52. The number of halogens is 4. The smallest absolute Gasteiger partial charge is 0.199 e. The van der Waals surface area contributed by atoms with E-state index in [4.69, 9.17) is 11.6 Å². The van der Waals surface area contributed by atoms with Gasteiger partial charge in [-0.15, -0.1) is 0 Å². The molecular formula is C13H6ClF3O. The van der Waals surface area contributed by atoms with Crippen LogP contribution in [-0.4, -0.2) is 5.78 Å². The fourth-order valence-corrected chi connectivity index (χ4v) is 1.68. The number of hydrogen-bond donors (Lipinski definition) is 0. The summed E-state index contributed by atoms with van der Waals surface area (Å²) in [6.07, 6.45) is 0. The topological polar surface area (TPSA) is 17.1 Å². The Bertz CT molecular complexity index is 572. The van der Waals surface area contributed by atoms with E-state index in [2.05, 4.69) is 0 Å². The molecule has 0 spiro atoms. The lowest BCUT2D eigenvalue weighted by molar-refractivity contribution is 0.103. The molecule has 0 N–H and O–H groups in total. The molecule has 0 unspecified atom stereocenters. The first-order valence-electron chi connectivity index (χ1n) is 4.95. The van der Waals surface area contributed by atoms with E-state index in [0.29, 0.717) is 0 Å². The van der Waals surface area contributed by atoms with Gasteiger partial charge in [0.1, 0.15) is 0 Å². The molecule has 92 valence electrons. The van der Waals surface area contributed by atoms with Crippen LogP contribution in [0.3, 0.4) is 0 Å². The van der Waals surface area contributed by atoms with Gasteiger partial charge in [-0.3, -0.25) is 4.79 Å². The molecule has 0 saturated heterocycles. The molecule has 0 bridgehead atoms. The Morgan fingerprint density at radius 2 is 1.44 bits per heavy atom. The monoisotopic (exact) mass is 270 g/mol. The van der Waals surface area contributed by atoms with E-state index < -0.39 is 34.4 Å². The first kappa shape index (κ1) is 12.6. The van der Waals surface area contributed by atoms with Crippen molar-refractivity contribution in [2.45, 2.75) is 0 Å². The van der Waals surface area contributed by atoms with Crippen molar-refractivity contribution < 1.29 is 18.0 Å². The summed E-state index contributed by atoms with van der Waals surface area (Å²) in [5.41, 5.74) is -0.928. The summed E-state index contributed by atoms with van der Waals surface area (Å²) in [7, 11) is 0. The minimum absolute atomic E-state index is 0.252. The molecular weight excluding hydrogens is 265 g/mol. The third kappa shape index (κ3) is 2.11. The van der Waals surface area contributed by atoms with E-state index in [-0.39, 0.29) is 5.02 Å². The van der Waals surface area contributed by atoms with Gasteiger partial charge < -0.3 is 0 Å². The highest BCUT2D eigenvalue weighted by Gasteiger charge is 2.20. The van der Waals surface area contributed by atoms with Crippen molar-refractivity contribution in [2.75, 3.05) is 0 Å². The Kier molecular flexibility index (Phi) is 3.39. The molecule has 0 amide bonds. The Morgan fingerprint density at radius 3 is 2.11 bits per heavy atom. The van der Waals surface area contributed by atoms with Crippen LogP contribution in [0.1, 0.15) is 15.9 Å². The maximum absolute atomic E-state index is 13.6. The van der Waals surface area contributed by atoms with Crippen LogP contribution in [0.25, 0.3) is 0 Å². The molecule has 0 aliphatic rings. The van der Waals surface area contributed by atoms with E-state index in [9.17, 15) is 18.0 Å². The average molecular weight is 271 g/mol. The molecule has 0 aliphatic carbocycles. The molecule has 5 heteroatoms. The first-order chi connectivity index (χ1) is 8.52. The van der Waals surface area contributed by atoms with Gasteiger partial charge in [0.2, 0.25) is 0 Å². The SMILES string of the molecule is O=C(c1cccc(F)c1F)c1cccc(Cl)c1F. The zero-order valence-corrected chi connectivity index (χ0v) is 9.64. The Labute approximate surface area is 106 Å². The molecule has 0 atom stereocenters. The predicted molar refractivity (Wildman–Crippen MR) is 61.2 cm³/mol. The van der Waals surface area contributed by atoms with Crippen molar-refractivity contribution in [3.63, 3.8) is 0 Å². The van der Waals surface area contributed by atoms with Crippen LogP contribution >= 0.6 is 11.6 Å². The van der Waals surface area contributed by atoms with Gasteiger partial charge in [0.25, 0.3) is 0 Å². The second-order valence-corrected chi connectivity index (χ2v) is 3.94. The molecule has 0 aliphatic heterocycles. The van der Waals surface area contributed by atoms with Crippen molar-refractivity contribution >= 4 is 17.4 Å². The number of hydrogen-bond acceptors (Lipinski definition) is 1. The van der Waals surface area contributed by atoms with Crippen molar-refractivity contribution in [2.24, 2.45) is 0 Å². The van der Waals surface area contributed by atoms with E-state index in [1.165, 1.54) is 18.2 Å². The lowest BCUT2D eigenvalue weighted by atomic mass is 10.0. The lowest BCUT2D eigenvalue weighted by Gasteiger charge is -2.05. The molecule has 2 aromatic carbocycles. The summed E-state index contributed by atoms with van der Waals surface area (Å²) in [4.78, 5) is 11.9. The highest BCUT2D eigenvalue weighted by molar-refractivity contribution is 6.31. The Balaban J connectivity index is 2.55. The quantitative estimate of drug-likeness (QED) is 0.754. The highest BCUT2D eigenvalue weighted by Crippen LogP contribution is 2.22. The van der Waals surface area contributed by atoms with E-state index in [0.717, 1.165) is 18.2 Å². The van der Waals surface area contributed by atoms with Crippen LogP contribution in [-0.2, 0) is 0 Å². The van der Waals surface area contributed by atoms with Gasteiger partial charge in [-0.25, -0.2) is 13.2 Å². The Morgan fingerprint density at radius 1 is 0.889 bits per heavy atom. The van der Waals surface area contributed by atoms with E-state index >= 15 is 0 Å². The summed E-state index contributed by atoms with van der Waals surface area (Å²) in [6.45, 7) is 0. The van der Waals surface area contributed by atoms with Crippen molar-refractivity contribution in [1.82, 2.24) is 0 Å². The summed E-state index contributed by atoms with van der Waals surface area (Å²) in [5, 5.41) is -0.252. The van der Waals surface area contributed by atoms with Crippen LogP contribution < -0.4 is 0 Å². The summed E-state index contributed by atoms with van der Waals surface area (Å²) in [6, 6.07) is 6.91. The molecule has 0 heterocycles. The number of carbonyl (C=O) groups is 1. The van der Waals surface area contributed by atoms with Crippen LogP contribution in [0, 0.1) is 17.5 Å². The minimum atomic E-state index is -1.30. The number of benzene rings is 2. The number of ketones is 1. The van der Waals surface area contributed by atoms with Crippen molar-refractivity contribution in [3.05, 3.63) is 70.0 Å². The highest BCUT2D eigenvalue weighted by atomic mass is 35.5. The van der Waals surface area contributed by atoms with Gasteiger partial charge in [-0.2, -0.15) is 0 Å². The van der Waals surface area contributed by atoms with Gasteiger partial charge in [0.15, 0.2) is 23.2 Å². The van der Waals surface area contributed by atoms with Crippen LogP contribution in [0.2, 0.25) is 5.02 Å². The second kappa shape index (κ2) is 4.82. The van der Waals surface area contributed by atoms with Gasteiger partial charge in [-0.05, 0) is 24.3 Å². The van der Waals surface area contributed by atoms with Gasteiger partial charge in [0.05, 0.1) is 16.1 Å². The normalized spacial score (nSPS) is 10.4. The van der Waals surface area contributed by atoms with E-state index in [1.807, 2.05) is 0 Å². The fourth-order valence-electron chi connectivity index (χ4n) is 1.50. The van der Waals surface area contributed by atoms with E-state index in [1.54, 1.807) is 0 Å². The second-order valence-electron chi connectivity index (χ2n) is 3.53. The Hall–Kier alpha value is -1.81. The molecule has 2 aromatic rings. The van der Waals surface area contributed by atoms with Crippen LogP contribution in [0.15, 0.2) is 36.4 Å².